The zero-order valence-corrected chi connectivity index (χ0v) is 14.4. The van der Waals surface area contributed by atoms with Gasteiger partial charge in [-0.05, 0) is 30.5 Å². The smallest absolute Gasteiger partial charge is 0.282 e. The lowest BCUT2D eigenvalue weighted by Crippen LogP contribution is -3.16. The molecule has 0 saturated carbocycles. The SMILES string of the molecule is O=C(C[NH+]1CCN(c2ncccn2)CC1)N1CCCc2ccccc21. The highest BCUT2D eigenvalue weighted by Crippen LogP contribution is 2.26. The standard InChI is InChI=1S/C19H23N5O/c25-18(24-10-3-6-16-5-1-2-7-17(16)24)15-22-11-13-23(14-12-22)19-20-8-4-9-21-19/h1-2,4-5,7-9H,3,6,10-15H2/p+1. The first kappa shape index (κ1) is 16.0. The van der Waals surface area contributed by atoms with E-state index in [9.17, 15) is 4.79 Å². The average molecular weight is 338 g/mol. The Morgan fingerprint density at radius 2 is 1.80 bits per heavy atom. The summed E-state index contributed by atoms with van der Waals surface area (Å²) in [5.74, 6) is 1.03. The fraction of sp³-hybridized carbons (Fsp3) is 0.421. The van der Waals surface area contributed by atoms with Crippen molar-refractivity contribution in [1.29, 1.82) is 0 Å². The molecule has 1 aromatic carbocycles. The number of carbonyl (C=O) groups is 1. The summed E-state index contributed by atoms with van der Waals surface area (Å²) in [6.07, 6.45) is 5.68. The van der Waals surface area contributed by atoms with Crippen LogP contribution in [0.15, 0.2) is 42.7 Å². The zero-order chi connectivity index (χ0) is 17.1. The maximum absolute atomic E-state index is 12.8. The van der Waals surface area contributed by atoms with Gasteiger partial charge in [0.05, 0.1) is 26.2 Å². The second-order valence-corrected chi connectivity index (χ2v) is 6.74. The van der Waals surface area contributed by atoms with Gasteiger partial charge in [-0.15, -0.1) is 0 Å². The molecule has 1 fully saturated rings. The first-order valence-corrected chi connectivity index (χ1v) is 9.05. The molecule has 4 rings (SSSR count). The first-order chi connectivity index (χ1) is 12.3. The summed E-state index contributed by atoms with van der Waals surface area (Å²) in [6, 6.07) is 10.1. The Balaban J connectivity index is 1.35. The van der Waals surface area contributed by atoms with Gasteiger partial charge in [0.1, 0.15) is 0 Å². The molecule has 2 aliphatic rings. The van der Waals surface area contributed by atoms with Crippen LogP contribution in [0.2, 0.25) is 0 Å². The monoisotopic (exact) mass is 338 g/mol. The van der Waals surface area contributed by atoms with Crippen molar-refractivity contribution in [2.45, 2.75) is 12.8 Å². The van der Waals surface area contributed by atoms with Gasteiger partial charge in [0.2, 0.25) is 5.95 Å². The van der Waals surface area contributed by atoms with E-state index >= 15 is 0 Å². The molecule has 0 unspecified atom stereocenters. The van der Waals surface area contributed by atoms with Crippen LogP contribution in [-0.2, 0) is 11.2 Å². The molecule has 0 aliphatic carbocycles. The summed E-state index contributed by atoms with van der Waals surface area (Å²) < 4.78 is 0. The van der Waals surface area contributed by atoms with Crippen LogP contribution in [0.25, 0.3) is 0 Å². The minimum Gasteiger partial charge on any atom is -0.330 e. The lowest BCUT2D eigenvalue weighted by Gasteiger charge is -2.34. The van der Waals surface area contributed by atoms with E-state index in [1.807, 2.05) is 17.0 Å². The van der Waals surface area contributed by atoms with Crippen molar-refractivity contribution in [2.24, 2.45) is 0 Å². The van der Waals surface area contributed by atoms with Gasteiger partial charge < -0.3 is 14.7 Å². The van der Waals surface area contributed by atoms with E-state index in [-0.39, 0.29) is 5.91 Å². The molecule has 2 aliphatic heterocycles. The second kappa shape index (κ2) is 7.19. The Hall–Kier alpha value is -2.47. The van der Waals surface area contributed by atoms with E-state index in [0.29, 0.717) is 6.54 Å². The molecule has 0 radical (unpaired) electrons. The third kappa shape index (κ3) is 3.49. The van der Waals surface area contributed by atoms with Crippen molar-refractivity contribution < 1.29 is 9.69 Å². The maximum Gasteiger partial charge on any atom is 0.282 e. The van der Waals surface area contributed by atoms with E-state index in [4.69, 9.17) is 0 Å². The number of hydrogen-bond donors (Lipinski definition) is 1. The van der Waals surface area contributed by atoms with Crippen molar-refractivity contribution in [3.8, 4) is 0 Å². The largest absolute Gasteiger partial charge is 0.330 e. The third-order valence-electron chi connectivity index (χ3n) is 5.12. The third-order valence-corrected chi connectivity index (χ3v) is 5.12. The van der Waals surface area contributed by atoms with Crippen LogP contribution in [0.3, 0.4) is 0 Å². The van der Waals surface area contributed by atoms with Gasteiger partial charge >= 0.3 is 0 Å². The number of aromatic nitrogens is 2. The summed E-state index contributed by atoms with van der Waals surface area (Å²) in [5, 5.41) is 0. The van der Waals surface area contributed by atoms with Crippen LogP contribution in [0.5, 0.6) is 0 Å². The van der Waals surface area contributed by atoms with E-state index in [1.54, 1.807) is 12.4 Å². The minimum absolute atomic E-state index is 0.242. The summed E-state index contributed by atoms with van der Waals surface area (Å²) in [4.78, 5) is 27.0. The van der Waals surface area contributed by atoms with Crippen LogP contribution in [0.1, 0.15) is 12.0 Å². The topological polar surface area (TPSA) is 53.8 Å². The number of aryl methyl sites for hydroxylation is 1. The molecular weight excluding hydrogens is 314 g/mol. The lowest BCUT2D eigenvalue weighted by atomic mass is 10.0. The van der Waals surface area contributed by atoms with Crippen LogP contribution >= 0.6 is 0 Å². The van der Waals surface area contributed by atoms with Gasteiger partial charge in [-0.1, -0.05) is 18.2 Å². The van der Waals surface area contributed by atoms with E-state index in [1.165, 1.54) is 10.5 Å². The van der Waals surface area contributed by atoms with Crippen molar-refractivity contribution in [3.05, 3.63) is 48.3 Å². The number of carbonyl (C=O) groups excluding carboxylic acids is 1. The van der Waals surface area contributed by atoms with Gasteiger partial charge in [-0.25, -0.2) is 9.97 Å². The Morgan fingerprint density at radius 1 is 1.04 bits per heavy atom. The number of rotatable bonds is 3. The number of para-hydroxylation sites is 1. The van der Waals surface area contributed by atoms with Crippen molar-refractivity contribution in [3.63, 3.8) is 0 Å². The number of anilines is 2. The van der Waals surface area contributed by atoms with E-state index < -0.39 is 0 Å². The molecule has 0 spiro atoms. The minimum atomic E-state index is 0.242. The summed E-state index contributed by atoms with van der Waals surface area (Å²) in [6.45, 7) is 5.08. The zero-order valence-electron chi connectivity index (χ0n) is 14.4. The van der Waals surface area contributed by atoms with Gasteiger partial charge in [-0.2, -0.15) is 0 Å². The Labute approximate surface area is 148 Å². The molecule has 1 saturated heterocycles. The van der Waals surface area contributed by atoms with Gasteiger partial charge in [-0.3, -0.25) is 4.79 Å². The molecule has 1 amide bonds. The molecule has 1 aromatic heterocycles. The quantitative estimate of drug-likeness (QED) is 0.866. The number of hydrogen-bond acceptors (Lipinski definition) is 4. The average Bonchev–Trinajstić information content (AvgIpc) is 2.69. The number of benzene rings is 1. The summed E-state index contributed by atoms with van der Waals surface area (Å²) in [7, 11) is 0. The highest BCUT2D eigenvalue weighted by atomic mass is 16.2. The highest BCUT2D eigenvalue weighted by Gasteiger charge is 2.28. The molecule has 6 heteroatoms. The number of nitrogens with zero attached hydrogens (tertiary/aromatic N) is 4. The highest BCUT2D eigenvalue weighted by molar-refractivity contribution is 5.95. The molecule has 0 bridgehead atoms. The summed E-state index contributed by atoms with van der Waals surface area (Å²) >= 11 is 0. The number of quaternary nitrogens is 1. The first-order valence-electron chi connectivity index (χ1n) is 9.05. The van der Waals surface area contributed by atoms with Crippen LogP contribution in [-0.4, -0.2) is 55.1 Å². The van der Waals surface area contributed by atoms with Crippen LogP contribution in [0, 0.1) is 0 Å². The van der Waals surface area contributed by atoms with Gasteiger partial charge in [0.25, 0.3) is 5.91 Å². The molecule has 130 valence electrons. The van der Waals surface area contributed by atoms with Crippen LogP contribution in [0.4, 0.5) is 11.6 Å². The van der Waals surface area contributed by atoms with Gasteiger partial charge in [0.15, 0.2) is 6.54 Å². The molecule has 6 nitrogen and oxygen atoms in total. The predicted molar refractivity (Wildman–Crippen MR) is 96.9 cm³/mol. The van der Waals surface area contributed by atoms with E-state index in [0.717, 1.165) is 57.2 Å². The number of piperazine rings is 1. The van der Waals surface area contributed by atoms with Crippen LogP contribution < -0.4 is 14.7 Å². The lowest BCUT2D eigenvalue weighted by molar-refractivity contribution is -0.892. The second-order valence-electron chi connectivity index (χ2n) is 6.74. The molecule has 3 heterocycles. The molecule has 2 aromatic rings. The van der Waals surface area contributed by atoms with Crippen molar-refractivity contribution in [1.82, 2.24) is 9.97 Å². The molecule has 25 heavy (non-hydrogen) atoms. The van der Waals surface area contributed by atoms with Crippen molar-refractivity contribution in [2.75, 3.05) is 49.1 Å². The normalized spacial score (nSPS) is 18.1. The number of fused-ring (bicyclic) bond motifs is 1. The number of amides is 1. The Bertz CT molecular complexity index is 728. The van der Waals surface area contributed by atoms with Gasteiger partial charge in [0, 0.05) is 24.6 Å². The molecular formula is C19H24N5O+. The summed E-state index contributed by atoms with van der Waals surface area (Å²) in [5.41, 5.74) is 2.40. The predicted octanol–water partition coefficient (Wildman–Crippen LogP) is 0.161. The van der Waals surface area contributed by atoms with Crippen molar-refractivity contribution >= 4 is 17.5 Å². The van der Waals surface area contributed by atoms with E-state index in [2.05, 4.69) is 33.1 Å². The molecule has 1 N–H and O–H groups in total. The Morgan fingerprint density at radius 3 is 2.60 bits per heavy atom. The fourth-order valence-electron chi connectivity index (χ4n) is 3.76. The Kier molecular flexibility index (Phi) is 4.61. The fourth-order valence-corrected chi connectivity index (χ4v) is 3.76. The number of nitrogens with one attached hydrogen (secondary N) is 1. The molecule has 0 atom stereocenters. The maximum atomic E-state index is 12.8.